The average Bonchev–Trinajstić information content (AvgIpc) is 2.78. The number of benzene rings is 1. The predicted octanol–water partition coefficient (Wildman–Crippen LogP) is 5.05. The molecule has 1 aromatic rings. The molecule has 0 amide bonds. The summed E-state index contributed by atoms with van der Waals surface area (Å²) in [5.41, 5.74) is 1.54. The van der Waals surface area contributed by atoms with Gasteiger partial charge in [-0.2, -0.15) is 0 Å². The van der Waals surface area contributed by atoms with Crippen molar-refractivity contribution >= 4 is 23.8 Å². The summed E-state index contributed by atoms with van der Waals surface area (Å²) in [7, 11) is -0.456. The van der Waals surface area contributed by atoms with Crippen LogP contribution >= 0.6 is 18.5 Å². The Morgan fingerprint density at radius 1 is 1.07 bits per heavy atom. The van der Waals surface area contributed by atoms with E-state index in [2.05, 4.69) is 45.0 Å². The molecule has 1 unspecified atom stereocenters. The van der Waals surface area contributed by atoms with Gasteiger partial charge >= 0.3 is 0 Å². The first kappa shape index (κ1) is 10.2. The molecule has 0 aliphatic carbocycles. The van der Waals surface area contributed by atoms with Crippen molar-refractivity contribution in [3.05, 3.63) is 41.2 Å². The molecule has 1 heterocycles. The normalized spacial score (nSPS) is 21.3. The summed E-state index contributed by atoms with van der Waals surface area (Å²) in [6, 6.07) is 10.5. The van der Waals surface area contributed by atoms with Gasteiger partial charge < -0.3 is 0 Å². The number of hydrogen-bond donors (Lipinski definition) is 0. The highest BCUT2D eigenvalue weighted by atomic mass is 35.7. The van der Waals surface area contributed by atoms with Crippen LogP contribution in [0.15, 0.2) is 35.6 Å². The van der Waals surface area contributed by atoms with Crippen molar-refractivity contribution in [2.75, 3.05) is 0 Å². The van der Waals surface area contributed by atoms with E-state index in [0.29, 0.717) is 0 Å². The van der Waals surface area contributed by atoms with Crippen molar-refractivity contribution in [1.82, 2.24) is 0 Å². The molecule has 0 saturated heterocycles. The zero-order chi connectivity index (χ0) is 10.3. The predicted molar refractivity (Wildman–Crippen MR) is 65.6 cm³/mol. The van der Waals surface area contributed by atoms with E-state index in [0.717, 1.165) is 0 Å². The van der Waals surface area contributed by atoms with Crippen LogP contribution in [0.25, 0.3) is 5.31 Å². The van der Waals surface area contributed by atoms with Crippen LogP contribution in [0.5, 0.6) is 0 Å². The van der Waals surface area contributed by atoms with Crippen LogP contribution in [0, 0.1) is 5.41 Å². The van der Waals surface area contributed by atoms with E-state index in [4.69, 9.17) is 11.2 Å². The average molecular weight is 225 g/mol. The van der Waals surface area contributed by atoms with E-state index < -0.39 is 7.27 Å². The smallest absolute Gasteiger partial charge is 0.0505 e. The molecule has 0 saturated carbocycles. The molecule has 2 rings (SSSR count). The molecular formula is C12H14ClP. The maximum absolute atomic E-state index is 6.33. The van der Waals surface area contributed by atoms with Crippen LogP contribution in [0.2, 0.25) is 0 Å². The summed E-state index contributed by atoms with van der Waals surface area (Å²) in [4.78, 5) is 0. The summed E-state index contributed by atoms with van der Waals surface area (Å²) in [5, 5.41) is 2.86. The number of allylic oxidation sites excluding steroid dienone is 1. The lowest BCUT2D eigenvalue weighted by atomic mass is 9.95. The van der Waals surface area contributed by atoms with Gasteiger partial charge in [-0.15, -0.1) is 0 Å². The number of halogens is 1. The molecule has 2 heteroatoms. The van der Waals surface area contributed by atoms with E-state index >= 15 is 0 Å². The van der Waals surface area contributed by atoms with Gasteiger partial charge in [-0.1, -0.05) is 62.3 Å². The Morgan fingerprint density at radius 2 is 1.64 bits per heavy atom. The Bertz CT molecular complexity index is 373. The second-order valence-corrected chi connectivity index (χ2v) is 7.06. The molecule has 0 nitrogen and oxygen atoms in total. The zero-order valence-corrected chi connectivity index (χ0v) is 10.4. The molecule has 0 bridgehead atoms. The van der Waals surface area contributed by atoms with Crippen LogP contribution in [-0.2, 0) is 0 Å². The van der Waals surface area contributed by atoms with Crippen LogP contribution in [0.3, 0.4) is 0 Å². The molecule has 0 radical (unpaired) electrons. The second-order valence-electron chi connectivity index (χ2n) is 4.59. The molecule has 0 spiro atoms. The van der Waals surface area contributed by atoms with E-state index in [1.165, 1.54) is 16.2 Å². The minimum atomic E-state index is -0.456. The molecule has 1 aromatic carbocycles. The van der Waals surface area contributed by atoms with Crippen molar-refractivity contribution in [3.63, 3.8) is 0 Å². The topological polar surface area (TPSA) is 0 Å². The van der Waals surface area contributed by atoms with Crippen molar-refractivity contribution in [2.24, 2.45) is 5.41 Å². The van der Waals surface area contributed by atoms with E-state index in [1.54, 1.807) is 0 Å². The van der Waals surface area contributed by atoms with Crippen LogP contribution < -0.4 is 0 Å². The molecule has 74 valence electrons. The van der Waals surface area contributed by atoms with Gasteiger partial charge in [-0.3, -0.25) is 0 Å². The Hall–Kier alpha value is -0.320. The summed E-state index contributed by atoms with van der Waals surface area (Å²) >= 11 is 6.33. The third-order valence-electron chi connectivity index (χ3n) is 2.32. The first-order chi connectivity index (χ1) is 6.52. The van der Waals surface area contributed by atoms with E-state index in [-0.39, 0.29) is 5.41 Å². The summed E-state index contributed by atoms with van der Waals surface area (Å²) in [5.74, 6) is 0. The summed E-state index contributed by atoms with van der Waals surface area (Å²) in [6.07, 6.45) is 0. The highest BCUT2D eigenvalue weighted by Crippen LogP contribution is 2.81. The zero-order valence-electron chi connectivity index (χ0n) is 8.71. The fourth-order valence-corrected chi connectivity index (χ4v) is 5.12. The summed E-state index contributed by atoms with van der Waals surface area (Å²) < 4.78 is 0. The Morgan fingerprint density at radius 3 is 2.07 bits per heavy atom. The minimum absolute atomic E-state index is 0.235. The van der Waals surface area contributed by atoms with Gasteiger partial charge in [0.2, 0.25) is 0 Å². The van der Waals surface area contributed by atoms with Gasteiger partial charge in [0.05, 0.1) is 7.27 Å². The maximum atomic E-state index is 6.33. The highest BCUT2D eigenvalue weighted by Gasteiger charge is 2.42. The van der Waals surface area contributed by atoms with Crippen molar-refractivity contribution < 1.29 is 0 Å². The summed E-state index contributed by atoms with van der Waals surface area (Å²) in [6.45, 7) is 6.70. The lowest BCUT2D eigenvalue weighted by Crippen LogP contribution is -2.00. The monoisotopic (exact) mass is 224 g/mol. The SMILES string of the molecule is CC(C)(C)C1=C(c2ccccc2)P1Cl. The van der Waals surface area contributed by atoms with E-state index in [9.17, 15) is 0 Å². The van der Waals surface area contributed by atoms with E-state index in [1.807, 2.05) is 6.07 Å². The second kappa shape index (κ2) is 3.36. The molecular weight excluding hydrogens is 211 g/mol. The fourth-order valence-electron chi connectivity index (χ4n) is 1.64. The quantitative estimate of drug-likeness (QED) is 0.586. The third-order valence-corrected chi connectivity index (χ3v) is 5.28. The van der Waals surface area contributed by atoms with Crippen LogP contribution in [0.1, 0.15) is 26.3 Å². The van der Waals surface area contributed by atoms with Gasteiger partial charge in [0.15, 0.2) is 0 Å². The molecule has 0 fully saturated rings. The first-order valence-corrected chi connectivity index (χ1v) is 7.02. The highest BCUT2D eigenvalue weighted by molar-refractivity contribution is 8.02. The van der Waals surface area contributed by atoms with Gasteiger partial charge in [0.25, 0.3) is 0 Å². The molecule has 1 aliphatic rings. The maximum Gasteiger partial charge on any atom is 0.0505 e. The van der Waals surface area contributed by atoms with Gasteiger partial charge in [-0.25, -0.2) is 0 Å². The lowest BCUT2D eigenvalue weighted by Gasteiger charge is -2.12. The molecule has 1 atom stereocenters. The van der Waals surface area contributed by atoms with Gasteiger partial charge in [0.1, 0.15) is 0 Å². The van der Waals surface area contributed by atoms with Crippen LogP contribution in [-0.4, -0.2) is 0 Å². The number of rotatable bonds is 1. The van der Waals surface area contributed by atoms with Crippen molar-refractivity contribution in [3.8, 4) is 0 Å². The van der Waals surface area contributed by atoms with Crippen molar-refractivity contribution in [2.45, 2.75) is 20.8 Å². The molecule has 14 heavy (non-hydrogen) atoms. The van der Waals surface area contributed by atoms with Crippen LogP contribution in [0.4, 0.5) is 0 Å². The Kier molecular flexibility index (Phi) is 2.45. The van der Waals surface area contributed by atoms with Gasteiger partial charge in [0, 0.05) is 5.31 Å². The Labute approximate surface area is 91.5 Å². The van der Waals surface area contributed by atoms with Gasteiger partial charge in [-0.05, 0) is 16.3 Å². The van der Waals surface area contributed by atoms with Crippen molar-refractivity contribution in [1.29, 1.82) is 0 Å². The number of hydrogen-bond acceptors (Lipinski definition) is 0. The lowest BCUT2D eigenvalue weighted by molar-refractivity contribution is 0.540. The standard InChI is InChI=1S/C12H14ClP/c1-12(2,3)11-10(14(11)13)9-7-5-4-6-8-9/h4-8H,1-3H3. The third kappa shape index (κ3) is 1.74. The molecule has 0 N–H and O–H groups in total. The minimum Gasteiger partial charge on any atom is -0.0861 e. The molecule has 1 aliphatic heterocycles. The first-order valence-electron chi connectivity index (χ1n) is 4.78. The Balaban J connectivity index is 2.35. The fraction of sp³-hybridized carbons (Fsp3) is 0.333. The largest absolute Gasteiger partial charge is 0.0861 e. The molecule has 0 aromatic heterocycles.